The van der Waals surface area contributed by atoms with Crippen molar-refractivity contribution >= 4 is 11.8 Å². The molecule has 3 N–H and O–H groups in total. The average molecular weight is 552 g/mol. The topological polar surface area (TPSA) is 100 Å². The molecule has 1 aliphatic heterocycles. The molecule has 0 bridgehead atoms. The Morgan fingerprint density at radius 1 is 0.975 bits per heavy atom. The number of nitrogens with one attached hydrogen (secondary N) is 2. The zero-order valence-electron chi connectivity index (χ0n) is 24.1. The molecule has 0 spiro atoms. The number of amides is 2. The zero-order chi connectivity index (χ0) is 28.9. The molecule has 1 aliphatic rings. The van der Waals surface area contributed by atoms with Crippen LogP contribution in [-0.2, 0) is 32.2 Å². The minimum atomic E-state index is -0.526. The zero-order valence-corrected chi connectivity index (χ0v) is 24.1. The van der Waals surface area contributed by atoms with Crippen LogP contribution in [0.1, 0.15) is 74.2 Å². The summed E-state index contributed by atoms with van der Waals surface area (Å²) < 4.78 is 13.0. The molecule has 4 atom stereocenters. The number of aliphatic hydroxyl groups excluding tert-OH is 1. The van der Waals surface area contributed by atoms with Gasteiger partial charge in [0.2, 0.25) is 11.8 Å². The first-order valence-corrected chi connectivity index (χ1v) is 14.2. The Morgan fingerprint density at radius 2 is 1.65 bits per heavy atom. The summed E-state index contributed by atoms with van der Waals surface area (Å²) in [6.07, 6.45) is 4.20. The molecule has 1 saturated heterocycles. The molecule has 0 saturated carbocycles. The Bertz CT molecular complexity index is 1070. The second-order valence-corrected chi connectivity index (χ2v) is 10.6. The van der Waals surface area contributed by atoms with E-state index in [0.717, 1.165) is 54.6 Å². The van der Waals surface area contributed by atoms with E-state index in [9.17, 15) is 14.7 Å². The van der Waals surface area contributed by atoms with Crippen LogP contribution in [0.3, 0.4) is 0 Å². The Labute approximate surface area is 238 Å². The van der Waals surface area contributed by atoms with Crippen LogP contribution in [0.25, 0.3) is 0 Å². The molecular formula is C32H45N3O5. The van der Waals surface area contributed by atoms with Gasteiger partial charge < -0.3 is 30.1 Å². The van der Waals surface area contributed by atoms with Crippen molar-refractivity contribution in [2.24, 2.45) is 5.92 Å². The predicted octanol–water partition coefficient (Wildman–Crippen LogP) is 4.40. The Balaban J connectivity index is 1.59. The van der Waals surface area contributed by atoms with Gasteiger partial charge in [-0.1, -0.05) is 68.0 Å². The van der Waals surface area contributed by atoms with Crippen molar-refractivity contribution in [1.82, 2.24) is 15.5 Å². The van der Waals surface area contributed by atoms with Gasteiger partial charge in [0.1, 0.15) is 0 Å². The van der Waals surface area contributed by atoms with Crippen LogP contribution in [-0.4, -0.2) is 54.6 Å². The lowest BCUT2D eigenvalue weighted by molar-refractivity contribution is -0.275. The van der Waals surface area contributed by atoms with Crippen LogP contribution < -0.4 is 10.6 Å². The molecule has 1 fully saturated rings. The SMILES string of the molecule is C=CCN(C)CC1OC(c2ccc(CNC(=O)CCCCCNC(C)=O)cc2)OC(c2ccc(CO)cc2)C1C. The van der Waals surface area contributed by atoms with Gasteiger partial charge in [0.15, 0.2) is 6.29 Å². The fourth-order valence-electron chi connectivity index (χ4n) is 4.86. The lowest BCUT2D eigenvalue weighted by Crippen LogP contribution is -2.43. The van der Waals surface area contributed by atoms with E-state index in [1.165, 1.54) is 6.92 Å². The van der Waals surface area contributed by atoms with Gasteiger partial charge in [-0.2, -0.15) is 0 Å². The van der Waals surface area contributed by atoms with Crippen LogP contribution >= 0.6 is 0 Å². The maximum Gasteiger partial charge on any atom is 0.220 e. The highest BCUT2D eigenvalue weighted by molar-refractivity contribution is 5.75. The lowest BCUT2D eigenvalue weighted by Gasteiger charge is -2.42. The minimum Gasteiger partial charge on any atom is -0.392 e. The summed E-state index contributed by atoms with van der Waals surface area (Å²) >= 11 is 0. The van der Waals surface area contributed by atoms with Crippen LogP contribution in [0.4, 0.5) is 0 Å². The van der Waals surface area contributed by atoms with Gasteiger partial charge in [0.05, 0.1) is 18.8 Å². The number of rotatable bonds is 15. The van der Waals surface area contributed by atoms with E-state index in [1.54, 1.807) is 0 Å². The smallest absolute Gasteiger partial charge is 0.220 e. The largest absolute Gasteiger partial charge is 0.392 e. The van der Waals surface area contributed by atoms with E-state index in [0.29, 0.717) is 19.5 Å². The third kappa shape index (κ3) is 9.86. The Morgan fingerprint density at radius 3 is 2.30 bits per heavy atom. The quantitative estimate of drug-likeness (QED) is 0.224. The van der Waals surface area contributed by atoms with Crippen molar-refractivity contribution in [3.63, 3.8) is 0 Å². The predicted molar refractivity (Wildman–Crippen MR) is 156 cm³/mol. The molecule has 4 unspecified atom stereocenters. The van der Waals surface area contributed by atoms with Gasteiger partial charge in [-0.3, -0.25) is 9.59 Å². The summed E-state index contributed by atoms with van der Waals surface area (Å²) in [6, 6.07) is 15.9. The van der Waals surface area contributed by atoms with Crippen molar-refractivity contribution < 1.29 is 24.2 Å². The number of hydrogen-bond donors (Lipinski definition) is 3. The number of nitrogens with zero attached hydrogens (tertiary/aromatic N) is 1. The highest BCUT2D eigenvalue weighted by Gasteiger charge is 2.38. The fraction of sp³-hybridized carbons (Fsp3) is 0.500. The molecule has 218 valence electrons. The van der Waals surface area contributed by atoms with Gasteiger partial charge >= 0.3 is 0 Å². The Hall–Kier alpha value is -3.04. The molecule has 2 aromatic carbocycles. The normalized spacial score (nSPS) is 20.7. The maximum absolute atomic E-state index is 12.2. The Kier molecular flexibility index (Phi) is 12.8. The first kappa shape index (κ1) is 31.5. The van der Waals surface area contributed by atoms with Crippen molar-refractivity contribution in [1.29, 1.82) is 0 Å². The standard InChI is InChI=1S/C32H45N3O5/c1-5-19-35(4)21-29-23(2)31(27-14-12-26(22-36)13-15-27)40-32(39-29)28-16-10-25(11-17-28)20-34-30(38)9-7-6-8-18-33-24(3)37/h5,10-17,23,29,31-32,36H,1,6-9,18-22H2,2-4H3,(H,33,37)(H,34,38). The number of ether oxygens (including phenoxy) is 2. The highest BCUT2D eigenvalue weighted by atomic mass is 16.7. The van der Waals surface area contributed by atoms with Gasteiger partial charge in [-0.05, 0) is 36.6 Å². The molecule has 1 heterocycles. The summed E-state index contributed by atoms with van der Waals surface area (Å²) in [5, 5.41) is 15.2. The maximum atomic E-state index is 12.2. The molecule has 3 rings (SSSR count). The number of unbranched alkanes of at least 4 members (excludes halogenated alkanes) is 2. The first-order valence-electron chi connectivity index (χ1n) is 14.2. The van der Waals surface area contributed by atoms with Crippen LogP contribution in [0.5, 0.6) is 0 Å². The number of carbonyl (C=O) groups is 2. The molecule has 2 aromatic rings. The van der Waals surface area contributed by atoms with E-state index < -0.39 is 6.29 Å². The molecular weight excluding hydrogens is 506 g/mol. The van der Waals surface area contributed by atoms with Crippen molar-refractivity contribution in [3.8, 4) is 0 Å². The van der Waals surface area contributed by atoms with Crippen LogP contribution in [0.15, 0.2) is 61.2 Å². The third-order valence-corrected chi connectivity index (χ3v) is 7.25. The minimum absolute atomic E-state index is 0.00873. The highest BCUT2D eigenvalue weighted by Crippen LogP contribution is 2.41. The van der Waals surface area contributed by atoms with E-state index in [-0.39, 0.29) is 36.5 Å². The fourth-order valence-corrected chi connectivity index (χ4v) is 4.86. The molecule has 8 heteroatoms. The van der Waals surface area contributed by atoms with Gasteiger partial charge in [0.25, 0.3) is 0 Å². The summed E-state index contributed by atoms with van der Waals surface area (Å²) in [7, 11) is 2.06. The van der Waals surface area contributed by atoms with E-state index in [1.807, 2.05) is 54.6 Å². The molecule has 0 radical (unpaired) electrons. The number of hydrogen-bond acceptors (Lipinski definition) is 6. The summed E-state index contributed by atoms with van der Waals surface area (Å²) in [5.41, 5.74) is 3.86. The first-order chi connectivity index (χ1) is 19.3. The molecule has 0 aliphatic carbocycles. The van der Waals surface area contributed by atoms with Gasteiger partial charge in [0, 0.05) is 51.0 Å². The van der Waals surface area contributed by atoms with E-state index in [2.05, 4.69) is 36.1 Å². The van der Waals surface area contributed by atoms with Crippen molar-refractivity contribution in [2.45, 2.75) is 71.2 Å². The lowest BCUT2D eigenvalue weighted by atomic mass is 9.90. The summed E-state index contributed by atoms with van der Waals surface area (Å²) in [4.78, 5) is 25.3. The second-order valence-electron chi connectivity index (χ2n) is 10.6. The molecule has 40 heavy (non-hydrogen) atoms. The van der Waals surface area contributed by atoms with Crippen molar-refractivity contribution in [3.05, 3.63) is 83.4 Å². The monoisotopic (exact) mass is 551 g/mol. The van der Waals surface area contributed by atoms with E-state index >= 15 is 0 Å². The summed E-state index contributed by atoms with van der Waals surface area (Å²) in [6.45, 7) is 10.2. The second kappa shape index (κ2) is 16.3. The van der Waals surface area contributed by atoms with Crippen LogP contribution in [0.2, 0.25) is 0 Å². The number of benzene rings is 2. The summed E-state index contributed by atoms with van der Waals surface area (Å²) in [5.74, 6) is 0.116. The number of aliphatic hydroxyl groups is 1. The molecule has 8 nitrogen and oxygen atoms in total. The van der Waals surface area contributed by atoms with Crippen LogP contribution in [0, 0.1) is 5.92 Å². The number of likely N-dealkylation sites (N-methyl/N-ethyl adjacent to an activating group) is 1. The van der Waals surface area contributed by atoms with Gasteiger partial charge in [-0.25, -0.2) is 0 Å². The molecule has 0 aromatic heterocycles. The molecule has 2 amide bonds. The van der Waals surface area contributed by atoms with Gasteiger partial charge in [-0.15, -0.1) is 6.58 Å². The van der Waals surface area contributed by atoms with E-state index in [4.69, 9.17) is 9.47 Å². The number of carbonyl (C=O) groups excluding carboxylic acids is 2. The van der Waals surface area contributed by atoms with Crippen molar-refractivity contribution in [2.75, 3.05) is 26.7 Å². The third-order valence-electron chi connectivity index (χ3n) is 7.25. The average Bonchev–Trinajstić information content (AvgIpc) is 2.95.